The lowest BCUT2D eigenvalue weighted by Gasteiger charge is -2.12. The van der Waals surface area contributed by atoms with Crippen LogP contribution in [0.5, 0.6) is 11.5 Å². The molecule has 2 N–H and O–H groups in total. The van der Waals surface area contributed by atoms with Crippen LogP contribution in [-0.4, -0.2) is 10.2 Å². The van der Waals surface area contributed by atoms with Gasteiger partial charge in [-0.2, -0.15) is 0 Å². The van der Waals surface area contributed by atoms with E-state index in [2.05, 4.69) is 6.92 Å². The number of hydrogen-bond acceptors (Lipinski definition) is 2. The molecule has 0 fully saturated rings. The van der Waals surface area contributed by atoms with Crippen LogP contribution in [0, 0.1) is 0 Å². The molecule has 0 bridgehead atoms. The summed E-state index contributed by atoms with van der Waals surface area (Å²) in [7, 11) is 0. The Kier molecular flexibility index (Phi) is 3.33. The largest absolute Gasteiger partial charge is 0.504 e. The quantitative estimate of drug-likeness (QED) is 0.786. The number of benzene rings is 2. The third-order valence-corrected chi connectivity index (χ3v) is 2.85. The molecular formula is C15H16O2. The van der Waals surface area contributed by atoms with E-state index in [9.17, 15) is 10.2 Å². The van der Waals surface area contributed by atoms with E-state index in [0.29, 0.717) is 0 Å². The average molecular weight is 228 g/mol. The highest BCUT2D eigenvalue weighted by molar-refractivity contribution is 5.72. The van der Waals surface area contributed by atoms with E-state index < -0.39 is 0 Å². The first-order valence-corrected chi connectivity index (χ1v) is 5.83. The molecule has 2 aromatic rings. The van der Waals surface area contributed by atoms with Gasteiger partial charge in [0.25, 0.3) is 0 Å². The molecule has 0 saturated heterocycles. The predicted octanol–water partition coefficient (Wildman–Crippen LogP) is 3.72. The molecule has 0 radical (unpaired) electrons. The van der Waals surface area contributed by atoms with Crippen molar-refractivity contribution in [2.45, 2.75) is 19.8 Å². The Morgan fingerprint density at radius 1 is 0.941 bits per heavy atom. The Balaban J connectivity index is 2.58. The van der Waals surface area contributed by atoms with Gasteiger partial charge in [-0.3, -0.25) is 0 Å². The molecule has 2 heteroatoms. The van der Waals surface area contributed by atoms with Crippen LogP contribution in [0.4, 0.5) is 0 Å². The molecule has 0 spiro atoms. The summed E-state index contributed by atoms with van der Waals surface area (Å²) in [5.74, 6) is -0.0404. The highest BCUT2D eigenvalue weighted by Crippen LogP contribution is 2.37. The van der Waals surface area contributed by atoms with E-state index in [4.69, 9.17) is 0 Å². The lowest BCUT2D eigenvalue weighted by molar-refractivity contribution is 0.399. The van der Waals surface area contributed by atoms with E-state index in [-0.39, 0.29) is 11.5 Å². The Labute approximate surface area is 101 Å². The van der Waals surface area contributed by atoms with Gasteiger partial charge in [-0.15, -0.1) is 0 Å². The van der Waals surface area contributed by atoms with Crippen LogP contribution in [0.1, 0.15) is 18.9 Å². The van der Waals surface area contributed by atoms with Crippen molar-refractivity contribution in [1.82, 2.24) is 0 Å². The van der Waals surface area contributed by atoms with Crippen molar-refractivity contribution >= 4 is 0 Å². The number of rotatable bonds is 3. The Hall–Kier alpha value is -1.96. The van der Waals surface area contributed by atoms with Gasteiger partial charge in [0, 0.05) is 5.56 Å². The number of phenolic OH excluding ortho intramolecular Hbond substituents is 2. The first-order valence-electron chi connectivity index (χ1n) is 5.83. The maximum absolute atomic E-state index is 9.92. The van der Waals surface area contributed by atoms with Gasteiger partial charge in [0.15, 0.2) is 11.5 Å². The van der Waals surface area contributed by atoms with Crippen molar-refractivity contribution in [3.63, 3.8) is 0 Å². The fourth-order valence-corrected chi connectivity index (χ4v) is 2.02. The second-order valence-corrected chi connectivity index (χ2v) is 4.08. The van der Waals surface area contributed by atoms with Crippen molar-refractivity contribution in [3.8, 4) is 22.6 Å². The van der Waals surface area contributed by atoms with Crippen LogP contribution >= 0.6 is 0 Å². The van der Waals surface area contributed by atoms with Gasteiger partial charge in [-0.1, -0.05) is 49.7 Å². The highest BCUT2D eigenvalue weighted by Gasteiger charge is 2.12. The fraction of sp³-hybridized carbons (Fsp3) is 0.200. The summed E-state index contributed by atoms with van der Waals surface area (Å²) in [5, 5.41) is 19.5. The molecule has 0 aliphatic rings. The Morgan fingerprint density at radius 3 is 2.29 bits per heavy atom. The number of phenols is 2. The smallest absolute Gasteiger partial charge is 0.161 e. The van der Waals surface area contributed by atoms with Crippen molar-refractivity contribution in [1.29, 1.82) is 0 Å². The van der Waals surface area contributed by atoms with Crippen LogP contribution in [0.3, 0.4) is 0 Å². The van der Waals surface area contributed by atoms with Gasteiger partial charge in [-0.25, -0.2) is 0 Å². The van der Waals surface area contributed by atoms with Crippen LogP contribution in [0.25, 0.3) is 11.1 Å². The molecule has 0 atom stereocenters. The maximum atomic E-state index is 9.92. The molecule has 17 heavy (non-hydrogen) atoms. The number of hydrogen-bond donors (Lipinski definition) is 2. The SMILES string of the molecule is CCCc1c(-c2ccccc2)ccc(O)c1O. The first-order chi connectivity index (χ1) is 8.24. The molecule has 88 valence electrons. The van der Waals surface area contributed by atoms with E-state index in [1.165, 1.54) is 6.07 Å². The summed E-state index contributed by atoms with van der Waals surface area (Å²) < 4.78 is 0. The van der Waals surface area contributed by atoms with Crippen LogP contribution in [0.2, 0.25) is 0 Å². The van der Waals surface area contributed by atoms with Gasteiger partial charge in [-0.05, 0) is 23.6 Å². The van der Waals surface area contributed by atoms with Crippen molar-refractivity contribution in [2.75, 3.05) is 0 Å². The van der Waals surface area contributed by atoms with E-state index in [0.717, 1.165) is 29.5 Å². The predicted molar refractivity (Wildman–Crippen MR) is 69.2 cm³/mol. The molecule has 2 nitrogen and oxygen atoms in total. The topological polar surface area (TPSA) is 40.5 Å². The second-order valence-electron chi connectivity index (χ2n) is 4.08. The minimum Gasteiger partial charge on any atom is -0.504 e. The van der Waals surface area contributed by atoms with Gasteiger partial charge in [0.2, 0.25) is 0 Å². The summed E-state index contributed by atoms with van der Waals surface area (Å²) in [6.07, 6.45) is 1.68. The first kappa shape index (κ1) is 11.5. The summed E-state index contributed by atoms with van der Waals surface area (Å²) in [5.41, 5.74) is 2.87. The highest BCUT2D eigenvalue weighted by atomic mass is 16.3. The van der Waals surface area contributed by atoms with Crippen LogP contribution < -0.4 is 0 Å². The lowest BCUT2D eigenvalue weighted by atomic mass is 9.95. The fourth-order valence-electron chi connectivity index (χ4n) is 2.02. The monoisotopic (exact) mass is 228 g/mol. The summed E-state index contributed by atoms with van der Waals surface area (Å²) in [6, 6.07) is 13.3. The molecule has 2 rings (SSSR count). The van der Waals surface area contributed by atoms with Gasteiger partial charge in [0.05, 0.1) is 0 Å². The molecule has 0 amide bonds. The molecule has 0 unspecified atom stereocenters. The molecule has 0 saturated carbocycles. The lowest BCUT2D eigenvalue weighted by Crippen LogP contribution is -1.90. The van der Waals surface area contributed by atoms with Crippen LogP contribution in [-0.2, 0) is 6.42 Å². The molecule has 0 aromatic heterocycles. The molecule has 0 heterocycles. The van der Waals surface area contributed by atoms with Gasteiger partial charge in [0.1, 0.15) is 0 Å². The van der Waals surface area contributed by atoms with Crippen molar-refractivity contribution < 1.29 is 10.2 Å². The van der Waals surface area contributed by atoms with E-state index in [1.54, 1.807) is 0 Å². The van der Waals surface area contributed by atoms with Crippen molar-refractivity contribution in [2.24, 2.45) is 0 Å². The van der Waals surface area contributed by atoms with Crippen molar-refractivity contribution in [3.05, 3.63) is 48.0 Å². The molecule has 0 aliphatic carbocycles. The van der Waals surface area contributed by atoms with Gasteiger partial charge < -0.3 is 10.2 Å². The third kappa shape index (κ3) is 2.26. The van der Waals surface area contributed by atoms with Gasteiger partial charge >= 0.3 is 0 Å². The van der Waals surface area contributed by atoms with E-state index >= 15 is 0 Å². The molecule has 2 aromatic carbocycles. The minimum atomic E-state index is -0.0480. The number of aromatic hydroxyl groups is 2. The van der Waals surface area contributed by atoms with Crippen LogP contribution in [0.15, 0.2) is 42.5 Å². The molecule has 0 aliphatic heterocycles. The zero-order chi connectivity index (χ0) is 12.3. The summed E-state index contributed by atoms with van der Waals surface area (Å²) in [4.78, 5) is 0. The summed E-state index contributed by atoms with van der Waals surface area (Å²) in [6.45, 7) is 2.05. The summed E-state index contributed by atoms with van der Waals surface area (Å²) >= 11 is 0. The van der Waals surface area contributed by atoms with E-state index in [1.807, 2.05) is 36.4 Å². The normalized spacial score (nSPS) is 10.4. The Bertz CT molecular complexity index is 504. The average Bonchev–Trinajstić information content (AvgIpc) is 2.36. The zero-order valence-corrected chi connectivity index (χ0v) is 9.85. The minimum absolute atomic E-state index is 0.00760. The zero-order valence-electron chi connectivity index (χ0n) is 9.85. The Morgan fingerprint density at radius 2 is 1.65 bits per heavy atom. The maximum Gasteiger partial charge on any atom is 0.161 e. The standard InChI is InChI=1S/C15H16O2/c1-2-6-13-12(9-10-14(16)15(13)17)11-7-4-3-5-8-11/h3-5,7-10,16-17H,2,6H2,1H3. The third-order valence-electron chi connectivity index (χ3n) is 2.85. The molecular weight excluding hydrogens is 212 g/mol. The second kappa shape index (κ2) is 4.91.